The first kappa shape index (κ1) is 15.4. The van der Waals surface area contributed by atoms with Crippen LogP contribution in [0.25, 0.3) is 0 Å². The second kappa shape index (κ2) is 7.63. The lowest BCUT2D eigenvalue weighted by Crippen LogP contribution is -2.43. The summed E-state index contributed by atoms with van der Waals surface area (Å²) in [6.07, 6.45) is 0.236. The minimum absolute atomic E-state index is 0.0725. The molecule has 6 heteroatoms. The predicted molar refractivity (Wildman–Crippen MR) is 60.3 cm³/mol. The fourth-order valence-corrected chi connectivity index (χ4v) is 1.53. The summed E-state index contributed by atoms with van der Waals surface area (Å²) in [4.78, 5) is 23.0. The standard InChI is InChI=1S/C11H18N2O4/c1-8(2)7-9(11(16)17)13(6-4-12)5-3-10(14)15/h8-9H,3,5-7H2,1-2H3,(H,14,15)(H,16,17). The number of carboxylic acid groups (broad SMARTS) is 2. The molecule has 0 aliphatic rings. The highest BCUT2D eigenvalue weighted by Crippen LogP contribution is 2.12. The van der Waals surface area contributed by atoms with Crippen LogP contribution in [0.5, 0.6) is 0 Å². The van der Waals surface area contributed by atoms with E-state index in [0.717, 1.165) is 0 Å². The molecule has 0 aliphatic heterocycles. The SMILES string of the molecule is CC(C)CC(C(=O)O)N(CC#N)CCC(=O)O. The lowest BCUT2D eigenvalue weighted by atomic mass is 10.0. The largest absolute Gasteiger partial charge is 0.481 e. The smallest absolute Gasteiger partial charge is 0.320 e. The molecule has 0 saturated heterocycles. The highest BCUT2D eigenvalue weighted by Gasteiger charge is 2.26. The van der Waals surface area contributed by atoms with Crippen molar-refractivity contribution < 1.29 is 19.8 Å². The fourth-order valence-electron chi connectivity index (χ4n) is 1.53. The zero-order valence-electron chi connectivity index (χ0n) is 10.1. The van der Waals surface area contributed by atoms with Gasteiger partial charge in [-0.25, -0.2) is 0 Å². The molecule has 96 valence electrons. The molecule has 17 heavy (non-hydrogen) atoms. The van der Waals surface area contributed by atoms with E-state index < -0.39 is 18.0 Å². The van der Waals surface area contributed by atoms with Crippen molar-refractivity contribution in [1.82, 2.24) is 4.90 Å². The molecule has 1 atom stereocenters. The van der Waals surface area contributed by atoms with Crippen molar-refractivity contribution in [3.8, 4) is 6.07 Å². The summed E-state index contributed by atoms with van der Waals surface area (Å²) in [7, 11) is 0. The van der Waals surface area contributed by atoms with Crippen LogP contribution in [0.2, 0.25) is 0 Å². The van der Waals surface area contributed by atoms with E-state index in [4.69, 9.17) is 15.5 Å². The molecule has 2 N–H and O–H groups in total. The van der Waals surface area contributed by atoms with E-state index in [2.05, 4.69) is 0 Å². The Morgan fingerprint density at radius 1 is 1.35 bits per heavy atom. The molecule has 0 aromatic heterocycles. The van der Waals surface area contributed by atoms with Gasteiger partial charge in [-0.1, -0.05) is 13.8 Å². The fraction of sp³-hybridized carbons (Fsp3) is 0.727. The van der Waals surface area contributed by atoms with Crippen molar-refractivity contribution in [3.63, 3.8) is 0 Å². The normalized spacial score (nSPS) is 12.4. The van der Waals surface area contributed by atoms with Crippen LogP contribution in [0.3, 0.4) is 0 Å². The number of carbonyl (C=O) groups is 2. The van der Waals surface area contributed by atoms with Crippen LogP contribution >= 0.6 is 0 Å². The summed E-state index contributed by atoms with van der Waals surface area (Å²) in [6.45, 7) is 3.78. The highest BCUT2D eigenvalue weighted by atomic mass is 16.4. The van der Waals surface area contributed by atoms with Gasteiger partial charge in [0.15, 0.2) is 0 Å². The van der Waals surface area contributed by atoms with E-state index >= 15 is 0 Å². The number of hydrogen-bond acceptors (Lipinski definition) is 4. The van der Waals surface area contributed by atoms with E-state index in [0.29, 0.717) is 6.42 Å². The van der Waals surface area contributed by atoms with Gasteiger partial charge in [0.25, 0.3) is 0 Å². The number of nitrogens with zero attached hydrogens (tertiary/aromatic N) is 2. The molecular formula is C11H18N2O4. The van der Waals surface area contributed by atoms with Crippen LogP contribution in [-0.4, -0.2) is 46.2 Å². The van der Waals surface area contributed by atoms with Crippen LogP contribution in [0.4, 0.5) is 0 Å². The number of nitriles is 1. The average molecular weight is 242 g/mol. The van der Waals surface area contributed by atoms with Crippen molar-refractivity contribution in [2.45, 2.75) is 32.7 Å². The number of aliphatic carboxylic acids is 2. The number of hydrogen-bond donors (Lipinski definition) is 2. The molecule has 0 aromatic rings. The Labute approximate surface area is 100 Å². The molecular weight excluding hydrogens is 224 g/mol. The van der Waals surface area contributed by atoms with Crippen LogP contribution in [0.15, 0.2) is 0 Å². The third-order valence-corrected chi connectivity index (χ3v) is 2.31. The van der Waals surface area contributed by atoms with Crippen LogP contribution in [0, 0.1) is 17.2 Å². The molecule has 1 unspecified atom stereocenters. The first-order chi connectivity index (χ1) is 7.88. The summed E-state index contributed by atoms with van der Waals surface area (Å²) in [5.41, 5.74) is 0. The Bertz CT molecular complexity index is 309. The number of rotatable bonds is 8. The van der Waals surface area contributed by atoms with Gasteiger partial charge in [0.2, 0.25) is 0 Å². The highest BCUT2D eigenvalue weighted by molar-refractivity contribution is 5.73. The van der Waals surface area contributed by atoms with E-state index in [1.165, 1.54) is 4.90 Å². The van der Waals surface area contributed by atoms with Crippen molar-refractivity contribution in [1.29, 1.82) is 5.26 Å². The summed E-state index contributed by atoms with van der Waals surface area (Å²) in [6, 6.07) is 1.07. The van der Waals surface area contributed by atoms with Crippen molar-refractivity contribution in [3.05, 3.63) is 0 Å². The zero-order chi connectivity index (χ0) is 13.4. The Hall–Kier alpha value is -1.61. The van der Waals surface area contributed by atoms with Gasteiger partial charge in [-0.2, -0.15) is 5.26 Å². The molecule has 0 radical (unpaired) electrons. The molecule has 0 aromatic carbocycles. The second-order valence-corrected chi connectivity index (χ2v) is 4.26. The molecule has 6 nitrogen and oxygen atoms in total. The average Bonchev–Trinajstić information content (AvgIpc) is 2.20. The van der Waals surface area contributed by atoms with Gasteiger partial charge in [0, 0.05) is 6.54 Å². The maximum Gasteiger partial charge on any atom is 0.320 e. The van der Waals surface area contributed by atoms with Gasteiger partial charge in [0.1, 0.15) is 6.04 Å². The van der Waals surface area contributed by atoms with Gasteiger partial charge in [-0.15, -0.1) is 0 Å². The molecule has 0 rings (SSSR count). The summed E-state index contributed by atoms with van der Waals surface area (Å²) in [5, 5.41) is 26.3. The maximum atomic E-state index is 11.1. The van der Waals surface area contributed by atoms with Crippen molar-refractivity contribution in [2.75, 3.05) is 13.1 Å². The topological polar surface area (TPSA) is 102 Å². The first-order valence-electron chi connectivity index (χ1n) is 5.44. The molecule has 0 fully saturated rings. The van der Waals surface area contributed by atoms with Crippen LogP contribution in [-0.2, 0) is 9.59 Å². The summed E-state index contributed by atoms with van der Waals surface area (Å²) in [5.74, 6) is -1.84. The lowest BCUT2D eigenvalue weighted by Gasteiger charge is -2.27. The lowest BCUT2D eigenvalue weighted by molar-refractivity contribution is -0.145. The molecule has 0 aliphatic carbocycles. The van der Waals surface area contributed by atoms with Crippen LogP contribution < -0.4 is 0 Å². The second-order valence-electron chi connectivity index (χ2n) is 4.26. The first-order valence-corrected chi connectivity index (χ1v) is 5.44. The van der Waals surface area contributed by atoms with Crippen molar-refractivity contribution >= 4 is 11.9 Å². The minimum Gasteiger partial charge on any atom is -0.481 e. The molecule has 0 spiro atoms. The Morgan fingerprint density at radius 2 is 1.94 bits per heavy atom. The number of carboxylic acids is 2. The van der Waals surface area contributed by atoms with Gasteiger partial charge in [-0.05, 0) is 12.3 Å². The van der Waals surface area contributed by atoms with Gasteiger partial charge >= 0.3 is 11.9 Å². The molecule has 0 saturated carbocycles. The summed E-state index contributed by atoms with van der Waals surface area (Å²) >= 11 is 0. The van der Waals surface area contributed by atoms with Gasteiger partial charge in [0.05, 0.1) is 19.0 Å². The van der Waals surface area contributed by atoms with Gasteiger partial charge in [-0.3, -0.25) is 14.5 Å². The van der Waals surface area contributed by atoms with E-state index in [9.17, 15) is 9.59 Å². The quantitative estimate of drug-likeness (QED) is 0.610. The van der Waals surface area contributed by atoms with Crippen LogP contribution in [0.1, 0.15) is 26.7 Å². The minimum atomic E-state index is -1.01. The predicted octanol–water partition coefficient (Wildman–Crippen LogP) is 0.786. The Kier molecular flexibility index (Phi) is 6.91. The zero-order valence-corrected chi connectivity index (χ0v) is 10.1. The third-order valence-electron chi connectivity index (χ3n) is 2.31. The van der Waals surface area contributed by atoms with E-state index in [1.54, 1.807) is 0 Å². The molecule has 0 heterocycles. The Balaban J connectivity index is 4.64. The monoisotopic (exact) mass is 242 g/mol. The maximum absolute atomic E-state index is 11.1. The molecule has 0 bridgehead atoms. The van der Waals surface area contributed by atoms with Gasteiger partial charge < -0.3 is 10.2 Å². The van der Waals surface area contributed by atoms with E-state index in [-0.39, 0.29) is 25.4 Å². The van der Waals surface area contributed by atoms with Crippen molar-refractivity contribution in [2.24, 2.45) is 5.92 Å². The third kappa shape index (κ3) is 6.53. The van der Waals surface area contributed by atoms with E-state index in [1.807, 2.05) is 19.9 Å². The Morgan fingerprint density at radius 3 is 2.29 bits per heavy atom. The molecule has 0 amide bonds. The summed E-state index contributed by atoms with van der Waals surface area (Å²) < 4.78 is 0.